The number of nitrogen functional groups attached to an aromatic ring is 1. The minimum atomic E-state index is -0.387. The fourth-order valence-corrected chi connectivity index (χ4v) is 1.98. The number of rotatable bonds is 3. The van der Waals surface area contributed by atoms with Gasteiger partial charge in [0.2, 0.25) is 5.95 Å². The zero-order valence-electron chi connectivity index (χ0n) is 10.4. The first kappa shape index (κ1) is 13.4. The van der Waals surface area contributed by atoms with Crippen molar-refractivity contribution in [3.05, 3.63) is 46.9 Å². The molecule has 9 heteroatoms. The van der Waals surface area contributed by atoms with Crippen LogP contribution < -0.4 is 10.5 Å². The molecule has 3 rings (SSSR count). The average Bonchev–Trinajstić information content (AvgIpc) is 2.95. The van der Waals surface area contributed by atoms with Gasteiger partial charge in [-0.2, -0.15) is 20.1 Å². The van der Waals surface area contributed by atoms with Crippen molar-refractivity contribution in [2.75, 3.05) is 5.73 Å². The topological polar surface area (TPSA) is 91.7 Å². The van der Waals surface area contributed by atoms with E-state index in [1.807, 2.05) is 0 Å². The molecule has 0 unspecified atom stereocenters. The SMILES string of the molecule is Nc1nc(Oc2ccc(F)cc2Br)nc(-n2cccn2)n1. The van der Waals surface area contributed by atoms with Gasteiger partial charge in [-0.3, -0.25) is 0 Å². The van der Waals surface area contributed by atoms with Crippen LogP contribution in [0.15, 0.2) is 41.1 Å². The highest BCUT2D eigenvalue weighted by Crippen LogP contribution is 2.28. The van der Waals surface area contributed by atoms with Gasteiger partial charge >= 0.3 is 6.01 Å². The Labute approximate surface area is 126 Å². The molecule has 2 aromatic heterocycles. The van der Waals surface area contributed by atoms with Gasteiger partial charge < -0.3 is 10.5 Å². The molecule has 0 bridgehead atoms. The molecule has 2 heterocycles. The molecule has 7 nitrogen and oxygen atoms in total. The van der Waals surface area contributed by atoms with Gasteiger partial charge in [-0.05, 0) is 40.2 Å². The Bertz CT molecular complexity index is 779. The lowest BCUT2D eigenvalue weighted by atomic mass is 10.3. The number of aromatic nitrogens is 5. The summed E-state index contributed by atoms with van der Waals surface area (Å²) < 4.78 is 20.4. The van der Waals surface area contributed by atoms with Gasteiger partial charge in [-0.15, -0.1) is 0 Å². The largest absolute Gasteiger partial charge is 0.423 e. The summed E-state index contributed by atoms with van der Waals surface area (Å²) in [5.41, 5.74) is 5.63. The second-order valence-electron chi connectivity index (χ2n) is 3.90. The molecular formula is C12H8BrFN6O. The summed E-state index contributed by atoms with van der Waals surface area (Å²) in [5.74, 6) is 0.180. The van der Waals surface area contributed by atoms with E-state index >= 15 is 0 Å². The first-order valence-corrected chi connectivity index (χ1v) is 6.55. The van der Waals surface area contributed by atoms with Crippen LogP contribution in [-0.2, 0) is 0 Å². The number of nitrogens with two attached hydrogens (primary N) is 1. The summed E-state index contributed by atoms with van der Waals surface area (Å²) in [4.78, 5) is 11.9. The van der Waals surface area contributed by atoms with Crippen LogP contribution in [0.2, 0.25) is 0 Å². The van der Waals surface area contributed by atoms with E-state index < -0.39 is 0 Å². The van der Waals surface area contributed by atoms with E-state index in [1.165, 1.54) is 22.9 Å². The van der Waals surface area contributed by atoms with Crippen molar-refractivity contribution in [3.8, 4) is 17.7 Å². The lowest BCUT2D eigenvalue weighted by Gasteiger charge is -2.07. The highest BCUT2D eigenvalue weighted by Gasteiger charge is 2.10. The predicted octanol–water partition coefficient (Wildman–Crippen LogP) is 2.33. The third-order valence-electron chi connectivity index (χ3n) is 2.42. The summed E-state index contributed by atoms with van der Waals surface area (Å²) in [6.07, 6.45) is 3.24. The second-order valence-corrected chi connectivity index (χ2v) is 4.76. The van der Waals surface area contributed by atoms with Gasteiger partial charge in [0.05, 0.1) is 4.47 Å². The number of hydrogen-bond donors (Lipinski definition) is 1. The maximum Gasteiger partial charge on any atom is 0.328 e. The van der Waals surface area contributed by atoms with Crippen LogP contribution >= 0.6 is 15.9 Å². The van der Waals surface area contributed by atoms with Crippen molar-refractivity contribution in [2.45, 2.75) is 0 Å². The molecule has 0 saturated heterocycles. The highest BCUT2D eigenvalue weighted by atomic mass is 79.9. The predicted molar refractivity (Wildman–Crippen MR) is 75.5 cm³/mol. The smallest absolute Gasteiger partial charge is 0.328 e. The van der Waals surface area contributed by atoms with E-state index in [2.05, 4.69) is 36.0 Å². The molecule has 21 heavy (non-hydrogen) atoms. The summed E-state index contributed by atoms with van der Waals surface area (Å²) in [7, 11) is 0. The monoisotopic (exact) mass is 350 g/mol. The third kappa shape index (κ3) is 2.97. The Balaban J connectivity index is 1.95. The van der Waals surface area contributed by atoms with Crippen LogP contribution in [0.25, 0.3) is 5.95 Å². The Kier molecular flexibility index (Phi) is 3.48. The lowest BCUT2D eigenvalue weighted by molar-refractivity contribution is 0.434. The van der Waals surface area contributed by atoms with Gasteiger partial charge in [0.15, 0.2) is 0 Å². The molecular weight excluding hydrogens is 343 g/mol. The van der Waals surface area contributed by atoms with E-state index in [9.17, 15) is 4.39 Å². The maximum atomic E-state index is 13.0. The van der Waals surface area contributed by atoms with Gasteiger partial charge in [0.25, 0.3) is 5.95 Å². The number of ether oxygens (including phenoxy) is 1. The zero-order chi connectivity index (χ0) is 14.8. The average molecular weight is 351 g/mol. The van der Waals surface area contributed by atoms with E-state index in [-0.39, 0.29) is 23.7 Å². The van der Waals surface area contributed by atoms with Gasteiger partial charge in [0.1, 0.15) is 11.6 Å². The summed E-state index contributed by atoms with van der Waals surface area (Å²) >= 11 is 3.20. The van der Waals surface area contributed by atoms with Crippen molar-refractivity contribution in [1.29, 1.82) is 0 Å². The minimum absolute atomic E-state index is 0.0104. The fourth-order valence-electron chi connectivity index (χ4n) is 1.55. The first-order valence-electron chi connectivity index (χ1n) is 5.76. The number of anilines is 1. The Morgan fingerprint density at radius 1 is 1.24 bits per heavy atom. The maximum absolute atomic E-state index is 13.0. The van der Waals surface area contributed by atoms with E-state index in [0.717, 1.165) is 0 Å². The van der Waals surface area contributed by atoms with Crippen LogP contribution in [0.3, 0.4) is 0 Å². The van der Waals surface area contributed by atoms with Crippen LogP contribution in [0.1, 0.15) is 0 Å². The quantitative estimate of drug-likeness (QED) is 0.779. The molecule has 0 aliphatic carbocycles. The minimum Gasteiger partial charge on any atom is -0.423 e. The number of nitrogens with zero attached hydrogens (tertiary/aromatic N) is 5. The van der Waals surface area contributed by atoms with Crippen molar-refractivity contribution >= 4 is 21.9 Å². The highest BCUT2D eigenvalue weighted by molar-refractivity contribution is 9.10. The lowest BCUT2D eigenvalue weighted by Crippen LogP contribution is -2.08. The standard InChI is InChI=1S/C12H8BrFN6O/c13-8-6-7(14)2-3-9(8)21-12-18-10(15)17-11(19-12)20-5-1-4-16-20/h1-6H,(H2,15,17,18,19). The fraction of sp³-hybridized carbons (Fsp3) is 0. The van der Waals surface area contributed by atoms with Crippen LogP contribution in [0.4, 0.5) is 10.3 Å². The van der Waals surface area contributed by atoms with Gasteiger partial charge in [-0.1, -0.05) is 0 Å². The Morgan fingerprint density at radius 2 is 2.10 bits per heavy atom. The Morgan fingerprint density at radius 3 is 2.81 bits per heavy atom. The van der Waals surface area contributed by atoms with E-state index in [0.29, 0.717) is 10.2 Å². The third-order valence-corrected chi connectivity index (χ3v) is 3.04. The molecule has 0 fully saturated rings. The summed E-state index contributed by atoms with van der Waals surface area (Å²) in [6.45, 7) is 0. The van der Waals surface area contributed by atoms with Crippen LogP contribution in [-0.4, -0.2) is 24.7 Å². The molecule has 2 N–H and O–H groups in total. The molecule has 0 aliphatic heterocycles. The number of benzene rings is 1. The van der Waals surface area contributed by atoms with Crippen molar-refractivity contribution in [1.82, 2.24) is 24.7 Å². The summed E-state index contributed by atoms with van der Waals surface area (Å²) in [5, 5.41) is 4.00. The van der Waals surface area contributed by atoms with Gasteiger partial charge in [0, 0.05) is 12.4 Å². The van der Waals surface area contributed by atoms with Crippen molar-refractivity contribution in [2.24, 2.45) is 0 Å². The molecule has 0 aliphatic rings. The number of hydrogen-bond acceptors (Lipinski definition) is 6. The van der Waals surface area contributed by atoms with Crippen molar-refractivity contribution < 1.29 is 9.13 Å². The molecule has 0 spiro atoms. The molecule has 0 radical (unpaired) electrons. The van der Waals surface area contributed by atoms with Crippen molar-refractivity contribution in [3.63, 3.8) is 0 Å². The molecule has 106 valence electrons. The molecule has 0 atom stereocenters. The zero-order valence-corrected chi connectivity index (χ0v) is 12.0. The van der Waals surface area contributed by atoms with Crippen LogP contribution in [0.5, 0.6) is 11.8 Å². The first-order chi connectivity index (χ1) is 10.1. The molecule has 0 saturated carbocycles. The van der Waals surface area contributed by atoms with Gasteiger partial charge in [-0.25, -0.2) is 9.07 Å². The Hall–Kier alpha value is -2.55. The second kappa shape index (κ2) is 5.44. The molecule has 1 aromatic carbocycles. The molecule has 0 amide bonds. The normalized spacial score (nSPS) is 10.6. The summed E-state index contributed by atoms with van der Waals surface area (Å²) in [6, 6.07) is 5.69. The van der Waals surface area contributed by atoms with E-state index in [4.69, 9.17) is 10.5 Å². The molecule has 3 aromatic rings. The van der Waals surface area contributed by atoms with E-state index in [1.54, 1.807) is 18.5 Å². The number of halogens is 2. The van der Waals surface area contributed by atoms with Crippen LogP contribution in [0, 0.1) is 5.82 Å².